The van der Waals surface area contributed by atoms with Crippen LogP contribution in [0.5, 0.6) is 0 Å². The lowest BCUT2D eigenvalue weighted by Crippen LogP contribution is -2.31. The molecule has 0 aromatic carbocycles. The van der Waals surface area contributed by atoms with Gasteiger partial charge in [0.05, 0.1) is 5.25 Å². The lowest BCUT2D eigenvalue weighted by Gasteiger charge is -2.08. The molecule has 0 aromatic heterocycles. The predicted molar refractivity (Wildman–Crippen MR) is 51.6 cm³/mol. The van der Waals surface area contributed by atoms with Crippen LogP contribution in [0.15, 0.2) is 0 Å². The van der Waals surface area contributed by atoms with E-state index in [1.807, 2.05) is 0 Å². The molecule has 0 amide bonds. The first-order chi connectivity index (χ1) is 5.50. The number of hydrogen-bond acceptors (Lipinski definition) is 2. The van der Waals surface area contributed by atoms with Gasteiger partial charge in [-0.3, -0.25) is 0 Å². The summed E-state index contributed by atoms with van der Waals surface area (Å²) >= 11 is 0. The minimum absolute atomic E-state index is 0.320. The highest BCUT2D eigenvalue weighted by molar-refractivity contribution is 7.90. The molecule has 0 aromatic rings. The van der Waals surface area contributed by atoms with Crippen LogP contribution in [-0.4, -0.2) is 20.2 Å². The van der Waals surface area contributed by atoms with Gasteiger partial charge in [-0.2, -0.15) is 0 Å². The zero-order valence-corrected chi connectivity index (χ0v) is 8.95. The lowest BCUT2D eigenvalue weighted by molar-refractivity contribution is 0.567. The van der Waals surface area contributed by atoms with Gasteiger partial charge in [-0.25, -0.2) is 13.1 Å². The van der Waals surface area contributed by atoms with Crippen LogP contribution in [-0.2, 0) is 10.0 Å². The molecule has 0 fully saturated rings. The van der Waals surface area contributed by atoms with E-state index in [1.54, 1.807) is 13.8 Å². The average Bonchev–Trinajstić information content (AvgIpc) is 1.98. The second kappa shape index (κ2) is 5.54. The molecule has 74 valence electrons. The molecule has 1 N–H and O–H groups in total. The Balaban J connectivity index is 3.63. The van der Waals surface area contributed by atoms with Crippen LogP contribution in [0.1, 0.15) is 40.0 Å². The Bertz CT molecular complexity index is 197. The Morgan fingerprint density at radius 2 is 1.83 bits per heavy atom. The first kappa shape index (κ1) is 11.9. The molecular formula is C8H19NO2S. The molecule has 0 bridgehead atoms. The van der Waals surface area contributed by atoms with Crippen LogP contribution >= 0.6 is 0 Å². The summed E-state index contributed by atoms with van der Waals surface area (Å²) < 4.78 is 24.9. The third-order valence-corrected chi connectivity index (χ3v) is 3.55. The fraction of sp³-hybridized carbons (Fsp3) is 1.00. The fourth-order valence-electron chi connectivity index (χ4n) is 0.756. The van der Waals surface area contributed by atoms with Gasteiger partial charge in [0.25, 0.3) is 0 Å². The highest BCUT2D eigenvalue weighted by Crippen LogP contribution is 1.97. The van der Waals surface area contributed by atoms with Crippen LogP contribution in [0.4, 0.5) is 0 Å². The van der Waals surface area contributed by atoms with Gasteiger partial charge < -0.3 is 0 Å². The van der Waals surface area contributed by atoms with Crippen molar-refractivity contribution in [1.82, 2.24) is 4.72 Å². The molecular weight excluding hydrogens is 174 g/mol. The number of nitrogens with one attached hydrogen (secondary N) is 1. The maximum Gasteiger partial charge on any atom is 0.213 e. The fourth-order valence-corrected chi connectivity index (χ4v) is 1.52. The van der Waals surface area contributed by atoms with E-state index in [0.717, 1.165) is 19.3 Å². The third-order valence-electron chi connectivity index (χ3n) is 1.70. The minimum atomic E-state index is -3.03. The van der Waals surface area contributed by atoms with Gasteiger partial charge in [-0.1, -0.05) is 19.8 Å². The third kappa shape index (κ3) is 4.72. The maximum atomic E-state index is 11.2. The van der Waals surface area contributed by atoms with Gasteiger partial charge in [0.1, 0.15) is 0 Å². The van der Waals surface area contributed by atoms with Crippen molar-refractivity contribution >= 4 is 10.0 Å². The number of hydrogen-bond donors (Lipinski definition) is 1. The molecule has 0 spiro atoms. The van der Waals surface area contributed by atoms with Crippen molar-refractivity contribution in [3.8, 4) is 0 Å². The molecule has 3 nitrogen and oxygen atoms in total. The smallest absolute Gasteiger partial charge is 0.213 e. The average molecular weight is 193 g/mol. The molecule has 0 radical (unpaired) electrons. The summed E-state index contributed by atoms with van der Waals surface area (Å²) in [6, 6.07) is 0. The van der Waals surface area contributed by atoms with Crippen molar-refractivity contribution in [1.29, 1.82) is 0 Å². The maximum absolute atomic E-state index is 11.2. The molecule has 0 saturated heterocycles. The summed E-state index contributed by atoms with van der Waals surface area (Å²) in [6.45, 7) is 6.04. The van der Waals surface area contributed by atoms with Crippen LogP contribution in [0.2, 0.25) is 0 Å². The second-order valence-corrected chi connectivity index (χ2v) is 5.52. The molecule has 0 rings (SSSR count). The van der Waals surface area contributed by atoms with Crippen molar-refractivity contribution in [3.05, 3.63) is 0 Å². The summed E-state index contributed by atoms with van der Waals surface area (Å²) in [5.74, 6) is 0. The summed E-state index contributed by atoms with van der Waals surface area (Å²) in [4.78, 5) is 0. The van der Waals surface area contributed by atoms with E-state index < -0.39 is 10.0 Å². The van der Waals surface area contributed by atoms with E-state index in [9.17, 15) is 8.42 Å². The van der Waals surface area contributed by atoms with Crippen molar-refractivity contribution in [2.45, 2.75) is 45.3 Å². The quantitative estimate of drug-likeness (QED) is 0.650. The largest absolute Gasteiger partial charge is 0.215 e. The Morgan fingerprint density at radius 1 is 1.25 bits per heavy atom. The first-order valence-corrected chi connectivity index (χ1v) is 6.03. The second-order valence-electron chi connectivity index (χ2n) is 3.20. The Labute approximate surface area is 75.6 Å². The number of unbranched alkanes of at least 4 members (excludes halogenated alkanes) is 2. The molecule has 0 heterocycles. The topological polar surface area (TPSA) is 46.2 Å². The molecule has 4 heteroatoms. The van der Waals surface area contributed by atoms with Crippen molar-refractivity contribution < 1.29 is 8.42 Å². The number of rotatable bonds is 6. The SMILES string of the molecule is CCCCCNS(=O)(=O)C(C)C. The van der Waals surface area contributed by atoms with Crippen LogP contribution in [0.25, 0.3) is 0 Å². The van der Waals surface area contributed by atoms with E-state index in [4.69, 9.17) is 0 Å². The Morgan fingerprint density at radius 3 is 2.25 bits per heavy atom. The molecule has 0 unspecified atom stereocenters. The normalized spacial score (nSPS) is 12.3. The minimum Gasteiger partial charge on any atom is -0.215 e. The van der Waals surface area contributed by atoms with Gasteiger partial charge in [-0.15, -0.1) is 0 Å². The summed E-state index contributed by atoms with van der Waals surface area (Å²) in [5, 5.41) is -0.320. The van der Waals surface area contributed by atoms with Crippen molar-refractivity contribution in [3.63, 3.8) is 0 Å². The number of sulfonamides is 1. The first-order valence-electron chi connectivity index (χ1n) is 4.49. The Hall–Kier alpha value is -0.0900. The molecule has 0 atom stereocenters. The van der Waals surface area contributed by atoms with E-state index in [1.165, 1.54) is 0 Å². The highest BCUT2D eigenvalue weighted by Gasteiger charge is 2.13. The zero-order valence-electron chi connectivity index (χ0n) is 8.13. The van der Waals surface area contributed by atoms with Crippen molar-refractivity contribution in [2.24, 2.45) is 0 Å². The molecule has 0 saturated carbocycles. The van der Waals surface area contributed by atoms with Crippen LogP contribution in [0, 0.1) is 0 Å². The van der Waals surface area contributed by atoms with Gasteiger partial charge in [0.2, 0.25) is 10.0 Å². The lowest BCUT2D eigenvalue weighted by atomic mass is 10.3. The summed E-state index contributed by atoms with van der Waals surface area (Å²) in [7, 11) is -3.03. The van der Waals surface area contributed by atoms with Crippen LogP contribution < -0.4 is 4.72 Å². The summed E-state index contributed by atoms with van der Waals surface area (Å²) in [5.41, 5.74) is 0. The molecule has 0 aliphatic carbocycles. The molecule has 12 heavy (non-hydrogen) atoms. The van der Waals surface area contributed by atoms with Gasteiger partial charge >= 0.3 is 0 Å². The molecule has 0 aliphatic heterocycles. The van der Waals surface area contributed by atoms with E-state index in [-0.39, 0.29) is 5.25 Å². The predicted octanol–water partition coefficient (Wildman–Crippen LogP) is 1.50. The van der Waals surface area contributed by atoms with Crippen molar-refractivity contribution in [2.75, 3.05) is 6.54 Å². The summed E-state index contributed by atoms with van der Waals surface area (Å²) in [6.07, 6.45) is 3.13. The zero-order chi connectivity index (χ0) is 9.61. The standard InChI is InChI=1S/C8H19NO2S/c1-4-5-6-7-9-12(10,11)8(2)3/h8-9H,4-7H2,1-3H3. The van der Waals surface area contributed by atoms with Gasteiger partial charge in [-0.05, 0) is 20.3 Å². The van der Waals surface area contributed by atoms with Gasteiger partial charge in [0, 0.05) is 6.54 Å². The van der Waals surface area contributed by atoms with E-state index in [0.29, 0.717) is 6.54 Å². The highest BCUT2D eigenvalue weighted by atomic mass is 32.2. The van der Waals surface area contributed by atoms with E-state index in [2.05, 4.69) is 11.6 Å². The van der Waals surface area contributed by atoms with Gasteiger partial charge in [0.15, 0.2) is 0 Å². The monoisotopic (exact) mass is 193 g/mol. The Kier molecular flexibility index (Phi) is 5.50. The van der Waals surface area contributed by atoms with E-state index >= 15 is 0 Å². The van der Waals surface area contributed by atoms with Crippen LogP contribution in [0.3, 0.4) is 0 Å². The molecule has 0 aliphatic rings.